The van der Waals surface area contributed by atoms with Crippen LogP contribution in [-0.2, 0) is 9.59 Å². The number of hydrogen-bond acceptors (Lipinski definition) is 4. The van der Waals surface area contributed by atoms with Crippen LogP contribution in [0.15, 0.2) is 36.4 Å². The van der Waals surface area contributed by atoms with Gasteiger partial charge in [0.2, 0.25) is 11.8 Å². The van der Waals surface area contributed by atoms with E-state index in [1.165, 1.54) is 25.1 Å². The lowest BCUT2D eigenvalue weighted by Crippen LogP contribution is -2.34. The fraction of sp³-hybridized carbons (Fsp3) is 0.238. The molecule has 30 heavy (non-hydrogen) atoms. The van der Waals surface area contributed by atoms with Crippen LogP contribution in [0.3, 0.4) is 0 Å². The predicted molar refractivity (Wildman–Crippen MR) is 121 cm³/mol. The molecule has 2 aromatic carbocycles. The summed E-state index contributed by atoms with van der Waals surface area (Å²) in [4.78, 5) is 25.9. The normalized spacial score (nSPS) is 10.7. The summed E-state index contributed by atoms with van der Waals surface area (Å²) in [5, 5.41) is 3.60. The smallest absolute Gasteiger partial charge is 0.246 e. The fourth-order valence-electron chi connectivity index (χ4n) is 2.50. The van der Waals surface area contributed by atoms with Gasteiger partial charge in [0.05, 0.1) is 41.0 Å². The maximum absolute atomic E-state index is 12.4. The highest BCUT2D eigenvalue weighted by atomic mass is 35.5. The van der Waals surface area contributed by atoms with Gasteiger partial charge in [-0.15, -0.1) is 0 Å². The highest BCUT2D eigenvalue weighted by molar-refractivity contribution is 6.39. The molecule has 0 aliphatic rings. The van der Waals surface area contributed by atoms with Crippen molar-refractivity contribution in [1.82, 2.24) is 4.90 Å². The number of ether oxygens (including phenoxy) is 2. The largest absolute Gasteiger partial charge is 0.493 e. The Morgan fingerprint density at radius 3 is 2.40 bits per heavy atom. The average Bonchev–Trinajstić information content (AvgIpc) is 2.70. The van der Waals surface area contributed by atoms with Gasteiger partial charge in [0, 0.05) is 13.1 Å². The summed E-state index contributed by atoms with van der Waals surface area (Å²) in [6.45, 7) is 2.10. The van der Waals surface area contributed by atoms with E-state index in [0.29, 0.717) is 44.4 Å². The lowest BCUT2D eigenvalue weighted by molar-refractivity contribution is -0.129. The first kappa shape index (κ1) is 23.9. The number of hydrogen-bond donors (Lipinski definition) is 1. The van der Waals surface area contributed by atoms with E-state index in [2.05, 4.69) is 5.32 Å². The highest BCUT2D eigenvalue weighted by Crippen LogP contribution is 2.36. The van der Waals surface area contributed by atoms with Gasteiger partial charge in [-0.1, -0.05) is 40.9 Å². The maximum Gasteiger partial charge on any atom is 0.246 e. The number of anilines is 1. The number of methoxy groups -OCH3 is 1. The second-order valence-electron chi connectivity index (χ2n) is 6.14. The Bertz CT molecular complexity index is 943. The third-order valence-electron chi connectivity index (χ3n) is 3.94. The van der Waals surface area contributed by atoms with Gasteiger partial charge in [0.25, 0.3) is 0 Å². The van der Waals surface area contributed by atoms with E-state index < -0.39 is 5.91 Å². The van der Waals surface area contributed by atoms with Gasteiger partial charge < -0.3 is 19.7 Å². The van der Waals surface area contributed by atoms with Crippen molar-refractivity contribution in [3.8, 4) is 11.5 Å². The van der Waals surface area contributed by atoms with Crippen molar-refractivity contribution in [3.63, 3.8) is 0 Å². The molecule has 0 radical (unpaired) electrons. The summed E-state index contributed by atoms with van der Waals surface area (Å²) in [6.07, 6.45) is 2.91. The van der Waals surface area contributed by atoms with Gasteiger partial charge in [-0.3, -0.25) is 9.59 Å². The van der Waals surface area contributed by atoms with E-state index in [-0.39, 0.29) is 12.5 Å². The molecule has 9 heteroatoms. The van der Waals surface area contributed by atoms with Crippen molar-refractivity contribution in [1.29, 1.82) is 0 Å². The number of nitrogens with zero attached hydrogens (tertiary/aromatic N) is 1. The molecule has 0 aromatic heterocycles. The summed E-state index contributed by atoms with van der Waals surface area (Å²) in [7, 11) is 3.01. The number of rotatable bonds is 8. The van der Waals surface area contributed by atoms with E-state index in [1.807, 2.05) is 6.92 Å². The number of benzene rings is 2. The van der Waals surface area contributed by atoms with Gasteiger partial charge in [-0.2, -0.15) is 0 Å². The molecule has 2 aromatic rings. The molecule has 160 valence electrons. The lowest BCUT2D eigenvalue weighted by Gasteiger charge is -2.16. The first-order valence-corrected chi connectivity index (χ1v) is 10.1. The van der Waals surface area contributed by atoms with Crippen molar-refractivity contribution in [2.24, 2.45) is 0 Å². The maximum atomic E-state index is 12.4. The summed E-state index contributed by atoms with van der Waals surface area (Å²) < 4.78 is 10.8. The van der Waals surface area contributed by atoms with E-state index in [4.69, 9.17) is 44.3 Å². The zero-order valence-electron chi connectivity index (χ0n) is 16.7. The molecule has 0 saturated carbocycles. The predicted octanol–water partition coefficient (Wildman–Crippen LogP) is 5.16. The molecule has 1 N–H and O–H groups in total. The van der Waals surface area contributed by atoms with Gasteiger partial charge in [-0.25, -0.2) is 0 Å². The van der Waals surface area contributed by atoms with Crippen LogP contribution in [0, 0.1) is 0 Å². The van der Waals surface area contributed by atoms with Crippen LogP contribution in [0.5, 0.6) is 11.5 Å². The molecule has 0 aliphatic carbocycles. The van der Waals surface area contributed by atoms with Gasteiger partial charge in [0.15, 0.2) is 11.5 Å². The van der Waals surface area contributed by atoms with Crippen molar-refractivity contribution in [3.05, 3.63) is 57.0 Å². The zero-order chi connectivity index (χ0) is 22.3. The van der Waals surface area contributed by atoms with E-state index in [1.54, 1.807) is 36.4 Å². The first-order valence-electron chi connectivity index (χ1n) is 8.94. The summed E-state index contributed by atoms with van der Waals surface area (Å²) in [5.41, 5.74) is 0.952. The molecule has 0 aliphatic heterocycles. The standard InChI is InChI=1S/C21H21Cl3N2O4/c1-4-30-21-16(24)10-13(11-17(21)29-3)8-9-19(28)26(2)12-18(27)25-20-14(22)6-5-7-15(20)23/h5-11H,4,12H2,1-3H3,(H,25,27)/b9-8+. The van der Waals surface area contributed by atoms with Crippen molar-refractivity contribution >= 4 is 58.4 Å². The Morgan fingerprint density at radius 1 is 1.13 bits per heavy atom. The highest BCUT2D eigenvalue weighted by Gasteiger charge is 2.15. The molecular weight excluding hydrogens is 451 g/mol. The van der Waals surface area contributed by atoms with Crippen LogP contribution in [0.4, 0.5) is 5.69 Å². The van der Waals surface area contributed by atoms with Crippen molar-refractivity contribution in [2.75, 3.05) is 32.6 Å². The lowest BCUT2D eigenvalue weighted by atomic mass is 10.2. The SMILES string of the molecule is CCOc1c(Cl)cc(/C=C/C(=O)N(C)CC(=O)Nc2c(Cl)cccc2Cl)cc1OC. The van der Waals surface area contributed by atoms with Gasteiger partial charge in [0.1, 0.15) is 0 Å². The summed E-state index contributed by atoms with van der Waals surface area (Å²) in [6, 6.07) is 8.24. The minimum Gasteiger partial charge on any atom is -0.493 e. The van der Waals surface area contributed by atoms with Crippen LogP contribution in [0.2, 0.25) is 15.1 Å². The van der Waals surface area contributed by atoms with Crippen LogP contribution in [0.1, 0.15) is 12.5 Å². The molecule has 2 rings (SSSR count). The molecule has 0 unspecified atom stereocenters. The third kappa shape index (κ3) is 6.29. The minimum atomic E-state index is -0.431. The topological polar surface area (TPSA) is 67.9 Å². The Kier molecular flexibility index (Phi) is 8.84. The molecule has 0 bridgehead atoms. The molecule has 2 amide bonds. The fourth-order valence-corrected chi connectivity index (χ4v) is 3.27. The van der Waals surface area contributed by atoms with Crippen molar-refractivity contribution in [2.45, 2.75) is 6.92 Å². The Hall–Kier alpha value is -2.41. The number of likely N-dealkylation sites (N-methyl/N-ethyl adjacent to an activating group) is 1. The van der Waals surface area contributed by atoms with Crippen LogP contribution < -0.4 is 14.8 Å². The third-order valence-corrected chi connectivity index (χ3v) is 4.85. The minimum absolute atomic E-state index is 0.182. The van der Waals surface area contributed by atoms with Crippen molar-refractivity contribution < 1.29 is 19.1 Å². The number of para-hydroxylation sites is 1. The first-order chi connectivity index (χ1) is 14.3. The number of carbonyl (C=O) groups is 2. The summed E-state index contributed by atoms with van der Waals surface area (Å²) >= 11 is 18.3. The molecule has 6 nitrogen and oxygen atoms in total. The van der Waals surface area contributed by atoms with E-state index in [0.717, 1.165) is 0 Å². The average molecular weight is 472 g/mol. The molecule has 0 fully saturated rings. The Morgan fingerprint density at radius 2 is 1.80 bits per heavy atom. The van der Waals surface area contributed by atoms with E-state index >= 15 is 0 Å². The Labute approximate surface area is 190 Å². The number of halogens is 3. The molecule has 0 saturated heterocycles. The van der Waals surface area contributed by atoms with E-state index in [9.17, 15) is 9.59 Å². The van der Waals surface area contributed by atoms with Gasteiger partial charge >= 0.3 is 0 Å². The molecule has 0 atom stereocenters. The second-order valence-corrected chi connectivity index (χ2v) is 7.36. The molecular formula is C21H21Cl3N2O4. The van der Waals surface area contributed by atoms with Crippen LogP contribution in [0.25, 0.3) is 6.08 Å². The van der Waals surface area contributed by atoms with Gasteiger partial charge in [-0.05, 0) is 42.8 Å². The monoisotopic (exact) mass is 470 g/mol. The molecule has 0 heterocycles. The summed E-state index contributed by atoms with van der Waals surface area (Å²) in [5.74, 6) is 0.0948. The molecule has 0 spiro atoms. The Balaban J connectivity index is 2.04. The quantitative estimate of drug-likeness (QED) is 0.540. The second kappa shape index (κ2) is 11.1. The number of amides is 2. The zero-order valence-corrected chi connectivity index (χ0v) is 18.9. The number of nitrogens with one attached hydrogen (secondary N) is 1. The number of carbonyl (C=O) groups excluding carboxylic acids is 2. The van der Waals surface area contributed by atoms with Crippen LogP contribution in [-0.4, -0.2) is 44.0 Å². The van der Waals surface area contributed by atoms with Crippen LogP contribution >= 0.6 is 34.8 Å².